The van der Waals surface area contributed by atoms with Crippen LogP contribution in [0.4, 0.5) is 0 Å². The summed E-state index contributed by atoms with van der Waals surface area (Å²) < 4.78 is 5.18. The molecule has 2 rings (SSSR count). The molecule has 0 saturated carbocycles. The lowest BCUT2D eigenvalue weighted by atomic mass is 10.2. The van der Waals surface area contributed by atoms with Crippen molar-refractivity contribution in [3.05, 3.63) is 35.9 Å². The zero-order valence-electron chi connectivity index (χ0n) is 9.05. The van der Waals surface area contributed by atoms with Gasteiger partial charge in [-0.05, 0) is 19.1 Å². The average molecular weight is 219 g/mol. The summed E-state index contributed by atoms with van der Waals surface area (Å²) in [5.74, 6) is -0.360. The van der Waals surface area contributed by atoms with Gasteiger partial charge >= 0.3 is 5.97 Å². The molecule has 0 N–H and O–H groups in total. The number of β-lactam (4-membered cyclic amide) rings is 1. The van der Waals surface area contributed by atoms with Gasteiger partial charge in [0.15, 0.2) is 6.23 Å². The topological polar surface area (TPSA) is 46.6 Å². The van der Waals surface area contributed by atoms with Crippen molar-refractivity contribution in [1.29, 1.82) is 0 Å². The summed E-state index contributed by atoms with van der Waals surface area (Å²) in [5.41, 5.74) is 0.502. The van der Waals surface area contributed by atoms with E-state index in [0.717, 1.165) is 0 Å². The molecule has 84 valence electrons. The van der Waals surface area contributed by atoms with Crippen LogP contribution in [0.1, 0.15) is 23.7 Å². The molecule has 0 aliphatic carbocycles. The lowest BCUT2D eigenvalue weighted by molar-refractivity contribution is -0.152. The Bertz CT molecular complexity index is 402. The van der Waals surface area contributed by atoms with E-state index in [1.54, 1.807) is 36.1 Å². The number of hydrogen-bond acceptors (Lipinski definition) is 3. The molecule has 0 bridgehead atoms. The minimum absolute atomic E-state index is 0.0355. The molecule has 1 aromatic rings. The molecule has 1 aromatic carbocycles. The number of ether oxygens (including phenoxy) is 1. The first-order chi connectivity index (χ1) is 7.68. The lowest BCUT2D eigenvalue weighted by Crippen LogP contribution is -2.50. The maximum Gasteiger partial charge on any atom is 0.340 e. The standard InChI is InChI=1S/C12H13NO3/c1-9(13-8-7-11(13)14)16-12(15)10-5-3-2-4-6-10/h2-6,9H,7-8H2,1H3/t9-/m1/s1. The first-order valence-corrected chi connectivity index (χ1v) is 5.24. The zero-order chi connectivity index (χ0) is 11.5. The minimum atomic E-state index is -0.478. The number of hydrogen-bond donors (Lipinski definition) is 0. The first kappa shape index (κ1) is 10.7. The van der Waals surface area contributed by atoms with Crippen LogP contribution in [0.15, 0.2) is 30.3 Å². The van der Waals surface area contributed by atoms with Crippen molar-refractivity contribution >= 4 is 11.9 Å². The summed E-state index contributed by atoms with van der Waals surface area (Å²) in [6.45, 7) is 2.37. The number of rotatable bonds is 3. The summed E-state index contributed by atoms with van der Waals surface area (Å²) >= 11 is 0. The lowest BCUT2D eigenvalue weighted by Gasteiger charge is -2.35. The van der Waals surface area contributed by atoms with Gasteiger partial charge in [-0.25, -0.2) is 4.79 Å². The molecule has 16 heavy (non-hydrogen) atoms. The van der Waals surface area contributed by atoms with E-state index in [0.29, 0.717) is 18.5 Å². The molecule has 4 nitrogen and oxygen atoms in total. The normalized spacial score (nSPS) is 16.6. The molecule has 1 fully saturated rings. The van der Waals surface area contributed by atoms with E-state index >= 15 is 0 Å². The molecule has 0 radical (unpaired) electrons. The van der Waals surface area contributed by atoms with Crippen molar-refractivity contribution in [3.63, 3.8) is 0 Å². The van der Waals surface area contributed by atoms with Crippen LogP contribution in [0.2, 0.25) is 0 Å². The monoisotopic (exact) mass is 219 g/mol. The Labute approximate surface area is 93.8 Å². The third-order valence-corrected chi connectivity index (χ3v) is 2.61. The van der Waals surface area contributed by atoms with Crippen LogP contribution in [0.25, 0.3) is 0 Å². The van der Waals surface area contributed by atoms with Gasteiger partial charge in [-0.3, -0.25) is 4.79 Å². The summed E-state index contributed by atoms with van der Waals surface area (Å²) in [6.07, 6.45) is 0.0710. The van der Waals surface area contributed by atoms with Gasteiger partial charge in [-0.1, -0.05) is 18.2 Å². The second kappa shape index (κ2) is 4.35. The second-order valence-corrected chi connectivity index (χ2v) is 3.71. The van der Waals surface area contributed by atoms with E-state index in [1.165, 1.54) is 0 Å². The predicted octanol–water partition coefficient (Wildman–Crippen LogP) is 1.42. The molecule has 1 aliphatic heterocycles. The van der Waals surface area contributed by atoms with E-state index in [4.69, 9.17) is 4.74 Å². The van der Waals surface area contributed by atoms with Crippen LogP contribution in [0.3, 0.4) is 0 Å². The maximum atomic E-state index is 11.6. The second-order valence-electron chi connectivity index (χ2n) is 3.71. The Hall–Kier alpha value is -1.84. The van der Waals surface area contributed by atoms with Gasteiger partial charge in [0, 0.05) is 13.0 Å². The average Bonchev–Trinajstić information content (AvgIpc) is 2.28. The van der Waals surface area contributed by atoms with Crippen LogP contribution in [-0.2, 0) is 9.53 Å². The maximum absolute atomic E-state index is 11.6. The molecule has 1 aliphatic rings. The van der Waals surface area contributed by atoms with Crippen molar-refractivity contribution < 1.29 is 14.3 Å². The molecular weight excluding hydrogens is 206 g/mol. The fraction of sp³-hybridized carbons (Fsp3) is 0.333. The van der Waals surface area contributed by atoms with Crippen molar-refractivity contribution in [3.8, 4) is 0 Å². The molecule has 1 atom stereocenters. The van der Waals surface area contributed by atoms with Crippen LogP contribution in [0.5, 0.6) is 0 Å². The molecule has 1 saturated heterocycles. The van der Waals surface area contributed by atoms with Crippen molar-refractivity contribution in [2.45, 2.75) is 19.6 Å². The molecule has 0 aromatic heterocycles. The van der Waals surface area contributed by atoms with E-state index in [1.807, 2.05) is 6.07 Å². The van der Waals surface area contributed by atoms with Gasteiger partial charge in [0.2, 0.25) is 5.91 Å². The highest BCUT2D eigenvalue weighted by Crippen LogP contribution is 2.15. The Balaban J connectivity index is 1.95. The summed E-state index contributed by atoms with van der Waals surface area (Å²) in [6, 6.07) is 8.76. The molecule has 1 amide bonds. The predicted molar refractivity (Wildman–Crippen MR) is 57.6 cm³/mol. The number of esters is 1. The van der Waals surface area contributed by atoms with Gasteiger partial charge in [0.1, 0.15) is 0 Å². The van der Waals surface area contributed by atoms with Crippen LogP contribution < -0.4 is 0 Å². The van der Waals surface area contributed by atoms with Crippen molar-refractivity contribution in [2.24, 2.45) is 0 Å². The Morgan fingerprint density at radius 1 is 1.38 bits per heavy atom. The largest absolute Gasteiger partial charge is 0.438 e. The SMILES string of the molecule is C[C@@H](OC(=O)c1ccccc1)N1CCC1=O. The summed E-state index contributed by atoms with van der Waals surface area (Å²) in [4.78, 5) is 24.3. The fourth-order valence-corrected chi connectivity index (χ4v) is 1.58. The van der Waals surface area contributed by atoms with Crippen LogP contribution in [0, 0.1) is 0 Å². The van der Waals surface area contributed by atoms with Crippen LogP contribution >= 0.6 is 0 Å². The highest BCUT2D eigenvalue weighted by Gasteiger charge is 2.30. The van der Waals surface area contributed by atoms with E-state index in [-0.39, 0.29) is 5.91 Å². The molecule has 4 heteroatoms. The highest BCUT2D eigenvalue weighted by atomic mass is 16.6. The van der Waals surface area contributed by atoms with Crippen LogP contribution in [-0.4, -0.2) is 29.5 Å². The quantitative estimate of drug-likeness (QED) is 0.570. The number of benzene rings is 1. The highest BCUT2D eigenvalue weighted by molar-refractivity contribution is 5.89. The van der Waals surface area contributed by atoms with Gasteiger partial charge in [-0.15, -0.1) is 0 Å². The number of likely N-dealkylation sites (tertiary alicyclic amines) is 1. The zero-order valence-corrected chi connectivity index (χ0v) is 9.05. The summed E-state index contributed by atoms with van der Waals surface area (Å²) in [7, 11) is 0. The number of carbonyl (C=O) groups excluding carboxylic acids is 2. The van der Waals surface area contributed by atoms with Gasteiger partial charge in [0.25, 0.3) is 0 Å². The van der Waals surface area contributed by atoms with Crippen molar-refractivity contribution in [2.75, 3.05) is 6.54 Å². The fourth-order valence-electron chi connectivity index (χ4n) is 1.58. The Kier molecular flexibility index (Phi) is 2.90. The van der Waals surface area contributed by atoms with E-state index in [9.17, 15) is 9.59 Å². The molecule has 1 heterocycles. The Morgan fingerprint density at radius 2 is 2.06 bits per heavy atom. The minimum Gasteiger partial charge on any atom is -0.438 e. The van der Waals surface area contributed by atoms with Gasteiger partial charge < -0.3 is 9.64 Å². The number of amides is 1. The van der Waals surface area contributed by atoms with Crippen molar-refractivity contribution in [1.82, 2.24) is 4.90 Å². The van der Waals surface area contributed by atoms with Gasteiger partial charge in [-0.2, -0.15) is 0 Å². The third kappa shape index (κ3) is 2.05. The number of carbonyl (C=O) groups is 2. The van der Waals surface area contributed by atoms with Gasteiger partial charge in [0.05, 0.1) is 5.56 Å². The van der Waals surface area contributed by atoms with E-state index < -0.39 is 12.2 Å². The smallest absolute Gasteiger partial charge is 0.340 e. The van der Waals surface area contributed by atoms with E-state index in [2.05, 4.69) is 0 Å². The summed E-state index contributed by atoms with van der Waals surface area (Å²) in [5, 5.41) is 0. The number of nitrogens with zero attached hydrogens (tertiary/aromatic N) is 1. The molecule has 0 spiro atoms. The Morgan fingerprint density at radius 3 is 2.56 bits per heavy atom. The first-order valence-electron chi connectivity index (χ1n) is 5.24. The molecule has 0 unspecified atom stereocenters. The molecular formula is C12H13NO3. The third-order valence-electron chi connectivity index (χ3n) is 2.61.